The third-order valence-corrected chi connectivity index (χ3v) is 2.31. The second-order valence-corrected chi connectivity index (χ2v) is 4.20. The molecule has 0 bridgehead atoms. The second kappa shape index (κ2) is 6.55. The summed E-state index contributed by atoms with van der Waals surface area (Å²) in [5, 5.41) is 0. The van der Waals surface area contributed by atoms with Crippen LogP contribution in [0.15, 0.2) is 0 Å². The van der Waals surface area contributed by atoms with Gasteiger partial charge in [0.1, 0.15) is 0 Å². The summed E-state index contributed by atoms with van der Waals surface area (Å²) in [5.74, 6) is 0.908. The highest BCUT2D eigenvalue weighted by molar-refractivity contribution is 7.36. The van der Waals surface area contributed by atoms with E-state index in [1.165, 1.54) is 25.4 Å². The van der Waals surface area contributed by atoms with Gasteiger partial charge in [-0.1, -0.05) is 26.7 Å². The molecule has 0 nitrogen and oxygen atoms in total. The lowest BCUT2D eigenvalue weighted by Gasteiger charge is -2.01. The Morgan fingerprint density at radius 3 is 2.33 bits per heavy atom. The number of unbranched alkanes of at least 4 members (excludes halogenated alkanes) is 1. The van der Waals surface area contributed by atoms with Crippen LogP contribution in [0.4, 0.5) is 0 Å². The highest BCUT2D eigenvalue weighted by atomic mass is 31.1. The highest BCUT2D eigenvalue weighted by Crippen LogP contribution is 2.11. The molecule has 1 unspecified atom stereocenters. The molecule has 56 valence electrons. The molecule has 0 aromatic heterocycles. The molecule has 0 aliphatic carbocycles. The molecule has 1 heteroatoms. The second-order valence-electron chi connectivity index (χ2n) is 2.99. The molecule has 0 aromatic carbocycles. The summed E-state index contributed by atoms with van der Waals surface area (Å²) in [6.07, 6.45) is 5.77. The molecule has 0 aromatic rings. The fourth-order valence-electron chi connectivity index (χ4n) is 0.854. The fourth-order valence-corrected chi connectivity index (χ4v) is 1.46. The van der Waals surface area contributed by atoms with Crippen LogP contribution < -0.4 is 0 Å². The molecule has 0 fully saturated rings. The van der Waals surface area contributed by atoms with Crippen LogP contribution in [0.25, 0.3) is 0 Å². The summed E-state index contributed by atoms with van der Waals surface area (Å²) in [7, 11) is 1.16. The maximum absolute atomic E-state index is 2.30. The Morgan fingerprint density at radius 1 is 1.22 bits per heavy atom. The van der Waals surface area contributed by atoms with Crippen LogP contribution in [0.3, 0.4) is 0 Å². The maximum atomic E-state index is 2.30. The molecule has 0 N–H and O–H groups in total. The van der Waals surface area contributed by atoms with E-state index in [4.69, 9.17) is 0 Å². The largest absolute Gasteiger partial charge is 0.125 e. The number of rotatable bonds is 5. The monoisotopic (exact) mass is 146 g/mol. The van der Waals surface area contributed by atoms with Gasteiger partial charge in [0.2, 0.25) is 0 Å². The molecular formula is C8H19P. The summed E-state index contributed by atoms with van der Waals surface area (Å²) in [6, 6.07) is 0. The van der Waals surface area contributed by atoms with Crippen LogP contribution in [-0.2, 0) is 0 Å². The third kappa shape index (κ3) is 8.43. The van der Waals surface area contributed by atoms with Gasteiger partial charge in [0.15, 0.2) is 0 Å². The van der Waals surface area contributed by atoms with E-state index in [0.717, 1.165) is 14.5 Å². The van der Waals surface area contributed by atoms with E-state index >= 15 is 0 Å². The van der Waals surface area contributed by atoms with Gasteiger partial charge in [0.05, 0.1) is 0 Å². The fraction of sp³-hybridized carbons (Fsp3) is 1.00. The molecule has 9 heavy (non-hydrogen) atoms. The predicted molar refractivity (Wildman–Crippen MR) is 47.8 cm³/mol. The minimum atomic E-state index is 0.908. The van der Waals surface area contributed by atoms with E-state index in [0.29, 0.717) is 0 Å². The molecule has 0 amide bonds. The molecule has 0 saturated heterocycles. The smallest absolute Gasteiger partial charge is 0.0356 e. The Balaban J connectivity index is 2.75. The van der Waals surface area contributed by atoms with Crippen LogP contribution >= 0.6 is 8.58 Å². The summed E-state index contributed by atoms with van der Waals surface area (Å²) in [5.41, 5.74) is 0. The average molecular weight is 146 g/mol. The first-order chi connectivity index (χ1) is 4.27. The average Bonchev–Trinajstić information content (AvgIpc) is 1.80. The van der Waals surface area contributed by atoms with Crippen LogP contribution in [-0.4, -0.2) is 12.8 Å². The Hall–Kier alpha value is 0.430. The van der Waals surface area contributed by atoms with Gasteiger partial charge in [-0.3, -0.25) is 0 Å². The Morgan fingerprint density at radius 2 is 1.89 bits per heavy atom. The van der Waals surface area contributed by atoms with E-state index < -0.39 is 0 Å². The summed E-state index contributed by atoms with van der Waals surface area (Å²) in [4.78, 5) is 0. The minimum Gasteiger partial charge on any atom is -0.125 e. The van der Waals surface area contributed by atoms with Crippen molar-refractivity contribution in [1.82, 2.24) is 0 Å². The molecular weight excluding hydrogens is 127 g/mol. The molecule has 1 atom stereocenters. The lowest BCUT2D eigenvalue weighted by molar-refractivity contribution is 0.551. The van der Waals surface area contributed by atoms with Gasteiger partial charge in [0.25, 0.3) is 0 Å². The van der Waals surface area contributed by atoms with Gasteiger partial charge in [-0.2, -0.15) is 0 Å². The number of hydrogen-bond acceptors (Lipinski definition) is 0. The predicted octanol–water partition coefficient (Wildman–Crippen LogP) is 3.12. The van der Waals surface area contributed by atoms with Gasteiger partial charge in [-0.05, 0) is 25.2 Å². The third-order valence-electron chi connectivity index (χ3n) is 1.46. The van der Waals surface area contributed by atoms with Crippen molar-refractivity contribution in [3.8, 4) is 0 Å². The minimum absolute atomic E-state index is 0.908. The molecule has 0 aliphatic heterocycles. The first-order valence-corrected chi connectivity index (χ1v) is 5.62. The van der Waals surface area contributed by atoms with Gasteiger partial charge < -0.3 is 0 Å². The zero-order valence-corrected chi connectivity index (χ0v) is 7.91. The lowest BCUT2D eigenvalue weighted by atomic mass is 10.1. The molecule has 0 rings (SSSR count). The van der Waals surface area contributed by atoms with E-state index in [1.807, 2.05) is 0 Å². The first kappa shape index (κ1) is 9.43. The van der Waals surface area contributed by atoms with Crippen LogP contribution in [0.2, 0.25) is 0 Å². The van der Waals surface area contributed by atoms with Crippen LogP contribution in [0.1, 0.15) is 33.1 Å². The topological polar surface area (TPSA) is 0 Å². The van der Waals surface area contributed by atoms with Crippen LogP contribution in [0.5, 0.6) is 0 Å². The van der Waals surface area contributed by atoms with E-state index in [-0.39, 0.29) is 0 Å². The zero-order valence-electron chi connectivity index (χ0n) is 6.91. The normalized spacial score (nSPS) is 12.0. The van der Waals surface area contributed by atoms with Crippen molar-refractivity contribution < 1.29 is 0 Å². The molecule has 0 radical (unpaired) electrons. The van der Waals surface area contributed by atoms with Crippen molar-refractivity contribution in [3.05, 3.63) is 0 Å². The van der Waals surface area contributed by atoms with Crippen LogP contribution in [0, 0.1) is 5.92 Å². The van der Waals surface area contributed by atoms with Crippen molar-refractivity contribution >= 4 is 8.58 Å². The first-order valence-electron chi connectivity index (χ1n) is 3.92. The highest BCUT2D eigenvalue weighted by Gasteiger charge is 1.91. The summed E-state index contributed by atoms with van der Waals surface area (Å²) < 4.78 is 0. The van der Waals surface area contributed by atoms with E-state index in [2.05, 4.69) is 20.5 Å². The number of hydrogen-bond donors (Lipinski definition) is 0. The molecule has 0 saturated carbocycles. The standard InChI is InChI=1S/C8H19P/c1-8(2)6-4-5-7-9-3/h8-9H,4-7H2,1-3H3. The van der Waals surface area contributed by atoms with Crippen molar-refractivity contribution in [2.45, 2.75) is 33.1 Å². The van der Waals surface area contributed by atoms with Crippen molar-refractivity contribution in [2.75, 3.05) is 12.8 Å². The van der Waals surface area contributed by atoms with Crippen molar-refractivity contribution in [2.24, 2.45) is 5.92 Å². The Labute approximate surface area is 61.2 Å². The zero-order chi connectivity index (χ0) is 7.11. The maximum Gasteiger partial charge on any atom is -0.0356 e. The SMILES string of the molecule is CPCCCCC(C)C. The van der Waals surface area contributed by atoms with Gasteiger partial charge in [-0.15, -0.1) is 8.58 Å². The van der Waals surface area contributed by atoms with Gasteiger partial charge in [0, 0.05) is 0 Å². The van der Waals surface area contributed by atoms with E-state index in [9.17, 15) is 0 Å². The quantitative estimate of drug-likeness (QED) is 0.413. The summed E-state index contributed by atoms with van der Waals surface area (Å²) in [6.45, 7) is 6.89. The molecule has 0 spiro atoms. The Kier molecular flexibility index (Phi) is 6.86. The van der Waals surface area contributed by atoms with Gasteiger partial charge in [-0.25, -0.2) is 0 Å². The molecule has 0 heterocycles. The summed E-state index contributed by atoms with van der Waals surface area (Å²) >= 11 is 0. The van der Waals surface area contributed by atoms with Crippen molar-refractivity contribution in [3.63, 3.8) is 0 Å². The Bertz CT molecular complexity index is 50.5. The molecule has 0 aliphatic rings. The van der Waals surface area contributed by atoms with E-state index in [1.54, 1.807) is 0 Å². The van der Waals surface area contributed by atoms with Gasteiger partial charge >= 0.3 is 0 Å². The lowest BCUT2D eigenvalue weighted by Crippen LogP contribution is -1.87. The van der Waals surface area contributed by atoms with Crippen molar-refractivity contribution in [1.29, 1.82) is 0 Å².